The number of nitrogens with zero attached hydrogens (tertiary/aromatic N) is 2. The Morgan fingerprint density at radius 2 is 1.84 bits per heavy atom. The molecular formula is C26H29N3O2S. The SMILES string of the molecule is CCC(C(=O)N1CCCC1C(=O)NCCc1csc(-c2ccccc2)n1)c1ccccc1. The summed E-state index contributed by atoms with van der Waals surface area (Å²) in [6, 6.07) is 19.6. The summed E-state index contributed by atoms with van der Waals surface area (Å²) in [5.74, 6) is -0.198. The van der Waals surface area contributed by atoms with E-state index < -0.39 is 0 Å². The van der Waals surface area contributed by atoms with Gasteiger partial charge < -0.3 is 10.2 Å². The third kappa shape index (κ3) is 5.07. The highest BCUT2D eigenvalue weighted by atomic mass is 32.1. The van der Waals surface area contributed by atoms with Crippen LogP contribution in [0.15, 0.2) is 66.0 Å². The van der Waals surface area contributed by atoms with Crippen LogP contribution in [0.3, 0.4) is 0 Å². The Morgan fingerprint density at radius 1 is 1.12 bits per heavy atom. The highest BCUT2D eigenvalue weighted by Gasteiger charge is 2.36. The van der Waals surface area contributed by atoms with Crippen molar-refractivity contribution in [2.75, 3.05) is 13.1 Å². The second-order valence-electron chi connectivity index (χ2n) is 8.11. The molecule has 1 fully saturated rings. The van der Waals surface area contributed by atoms with Gasteiger partial charge in [-0.15, -0.1) is 11.3 Å². The second-order valence-corrected chi connectivity index (χ2v) is 8.97. The molecule has 6 heteroatoms. The molecule has 0 aliphatic carbocycles. The summed E-state index contributed by atoms with van der Waals surface area (Å²) in [7, 11) is 0. The first kappa shape index (κ1) is 22.2. The van der Waals surface area contributed by atoms with Crippen LogP contribution in [-0.4, -0.2) is 40.8 Å². The van der Waals surface area contributed by atoms with Gasteiger partial charge in [-0.25, -0.2) is 4.98 Å². The molecule has 1 N–H and O–H groups in total. The van der Waals surface area contributed by atoms with Crippen LogP contribution in [0.25, 0.3) is 10.6 Å². The lowest BCUT2D eigenvalue weighted by Gasteiger charge is -2.28. The van der Waals surface area contributed by atoms with Gasteiger partial charge in [-0.05, 0) is 24.8 Å². The van der Waals surface area contributed by atoms with E-state index in [-0.39, 0.29) is 23.8 Å². The molecule has 2 atom stereocenters. The number of aromatic nitrogens is 1. The van der Waals surface area contributed by atoms with E-state index in [1.54, 1.807) is 16.2 Å². The Bertz CT molecular complexity index is 1040. The Kier molecular flexibility index (Phi) is 7.32. The van der Waals surface area contributed by atoms with Crippen LogP contribution in [-0.2, 0) is 16.0 Å². The number of carbonyl (C=O) groups is 2. The number of hydrogen-bond donors (Lipinski definition) is 1. The van der Waals surface area contributed by atoms with Gasteiger partial charge in [0.05, 0.1) is 11.6 Å². The zero-order valence-electron chi connectivity index (χ0n) is 18.4. The van der Waals surface area contributed by atoms with Crippen LogP contribution in [0.5, 0.6) is 0 Å². The monoisotopic (exact) mass is 447 g/mol. The van der Waals surface area contributed by atoms with Crippen molar-refractivity contribution in [1.82, 2.24) is 15.2 Å². The van der Waals surface area contributed by atoms with Crippen molar-refractivity contribution in [1.29, 1.82) is 0 Å². The lowest BCUT2D eigenvalue weighted by atomic mass is 9.94. The van der Waals surface area contributed by atoms with Gasteiger partial charge in [0.15, 0.2) is 0 Å². The van der Waals surface area contributed by atoms with Crippen molar-refractivity contribution in [3.8, 4) is 10.6 Å². The predicted octanol–water partition coefficient (Wildman–Crippen LogP) is 4.65. The number of amides is 2. The molecule has 166 valence electrons. The van der Waals surface area contributed by atoms with Crippen molar-refractivity contribution in [2.45, 2.75) is 44.6 Å². The zero-order chi connectivity index (χ0) is 22.3. The fourth-order valence-corrected chi connectivity index (χ4v) is 5.17. The Balaban J connectivity index is 1.33. The van der Waals surface area contributed by atoms with Gasteiger partial charge in [0, 0.05) is 30.5 Å². The van der Waals surface area contributed by atoms with Gasteiger partial charge in [-0.1, -0.05) is 67.6 Å². The van der Waals surface area contributed by atoms with Crippen LogP contribution in [0.2, 0.25) is 0 Å². The second kappa shape index (κ2) is 10.6. The fraction of sp³-hybridized carbons (Fsp3) is 0.346. The summed E-state index contributed by atoms with van der Waals surface area (Å²) < 4.78 is 0. The standard InChI is InChI=1S/C26H29N3O2S/c1-2-22(19-10-5-3-6-11-19)26(31)29-17-9-14-23(29)24(30)27-16-15-21-18-32-25(28-21)20-12-7-4-8-13-20/h3-8,10-13,18,22-23H,2,9,14-17H2,1H3,(H,27,30). The lowest BCUT2D eigenvalue weighted by Crippen LogP contribution is -2.47. The molecule has 3 aromatic rings. The number of rotatable bonds is 8. The molecule has 32 heavy (non-hydrogen) atoms. The number of likely N-dealkylation sites (tertiary alicyclic amines) is 1. The van der Waals surface area contributed by atoms with E-state index in [9.17, 15) is 9.59 Å². The molecule has 2 amide bonds. The quantitative estimate of drug-likeness (QED) is 0.547. The van der Waals surface area contributed by atoms with Crippen LogP contribution in [0.4, 0.5) is 0 Å². The van der Waals surface area contributed by atoms with Gasteiger partial charge in [-0.3, -0.25) is 9.59 Å². The van der Waals surface area contributed by atoms with Crippen molar-refractivity contribution in [3.05, 3.63) is 77.3 Å². The van der Waals surface area contributed by atoms with E-state index in [2.05, 4.69) is 22.4 Å². The molecule has 2 aromatic carbocycles. The average Bonchev–Trinajstić information content (AvgIpc) is 3.51. The van der Waals surface area contributed by atoms with Crippen molar-refractivity contribution < 1.29 is 9.59 Å². The summed E-state index contributed by atoms with van der Waals surface area (Å²) >= 11 is 1.62. The molecule has 0 saturated carbocycles. The molecule has 1 saturated heterocycles. The Morgan fingerprint density at radius 3 is 2.56 bits per heavy atom. The number of thiazole rings is 1. The van der Waals surface area contributed by atoms with E-state index in [1.165, 1.54) is 0 Å². The van der Waals surface area contributed by atoms with Crippen LogP contribution >= 0.6 is 11.3 Å². The highest BCUT2D eigenvalue weighted by Crippen LogP contribution is 2.27. The van der Waals surface area contributed by atoms with Gasteiger partial charge >= 0.3 is 0 Å². The normalized spacial score (nSPS) is 16.7. The minimum atomic E-state index is -0.379. The molecule has 2 unspecified atom stereocenters. The average molecular weight is 448 g/mol. The molecule has 1 aliphatic heterocycles. The predicted molar refractivity (Wildman–Crippen MR) is 128 cm³/mol. The summed E-state index contributed by atoms with van der Waals surface area (Å²) in [6.45, 7) is 3.19. The van der Waals surface area contributed by atoms with Crippen molar-refractivity contribution in [2.24, 2.45) is 0 Å². The lowest BCUT2D eigenvalue weighted by molar-refractivity contribution is -0.139. The summed E-state index contributed by atoms with van der Waals surface area (Å²) in [5, 5.41) is 6.07. The van der Waals surface area contributed by atoms with Crippen molar-refractivity contribution >= 4 is 23.2 Å². The van der Waals surface area contributed by atoms with E-state index in [1.807, 2.05) is 60.8 Å². The molecular weight excluding hydrogens is 418 g/mol. The van der Waals surface area contributed by atoms with E-state index in [0.29, 0.717) is 19.5 Å². The molecule has 5 nitrogen and oxygen atoms in total. The minimum absolute atomic E-state index is 0.0581. The summed E-state index contributed by atoms with van der Waals surface area (Å²) in [6.07, 6.45) is 2.98. The van der Waals surface area contributed by atoms with E-state index in [0.717, 1.165) is 41.1 Å². The van der Waals surface area contributed by atoms with Crippen LogP contribution in [0.1, 0.15) is 43.4 Å². The summed E-state index contributed by atoms with van der Waals surface area (Å²) in [4.78, 5) is 32.6. The maximum atomic E-state index is 13.3. The molecule has 4 rings (SSSR count). The fourth-order valence-electron chi connectivity index (χ4n) is 4.31. The number of carbonyl (C=O) groups excluding carboxylic acids is 2. The topological polar surface area (TPSA) is 62.3 Å². The first-order chi connectivity index (χ1) is 15.7. The molecule has 0 bridgehead atoms. The van der Waals surface area contributed by atoms with Crippen LogP contribution < -0.4 is 5.32 Å². The van der Waals surface area contributed by atoms with Crippen LogP contribution in [0, 0.1) is 0 Å². The maximum Gasteiger partial charge on any atom is 0.242 e. The van der Waals surface area contributed by atoms with E-state index in [4.69, 9.17) is 0 Å². The van der Waals surface area contributed by atoms with Gasteiger partial charge in [0.25, 0.3) is 0 Å². The zero-order valence-corrected chi connectivity index (χ0v) is 19.2. The molecule has 0 spiro atoms. The van der Waals surface area contributed by atoms with Crippen molar-refractivity contribution in [3.63, 3.8) is 0 Å². The first-order valence-corrected chi connectivity index (χ1v) is 12.2. The van der Waals surface area contributed by atoms with Gasteiger partial charge in [0.1, 0.15) is 11.0 Å². The molecule has 2 heterocycles. The van der Waals surface area contributed by atoms with Gasteiger partial charge in [-0.2, -0.15) is 0 Å². The number of hydrogen-bond acceptors (Lipinski definition) is 4. The van der Waals surface area contributed by atoms with Gasteiger partial charge in [0.2, 0.25) is 11.8 Å². The highest BCUT2D eigenvalue weighted by molar-refractivity contribution is 7.13. The maximum absolute atomic E-state index is 13.3. The third-order valence-electron chi connectivity index (χ3n) is 6.00. The Labute approximate surface area is 193 Å². The molecule has 1 aromatic heterocycles. The smallest absolute Gasteiger partial charge is 0.242 e. The summed E-state index contributed by atoms with van der Waals surface area (Å²) in [5.41, 5.74) is 3.10. The van der Waals surface area contributed by atoms with E-state index >= 15 is 0 Å². The number of nitrogens with one attached hydrogen (secondary N) is 1. The first-order valence-electron chi connectivity index (χ1n) is 11.3. The number of benzene rings is 2. The third-order valence-corrected chi connectivity index (χ3v) is 6.94. The Hall–Kier alpha value is -2.99. The molecule has 1 aliphatic rings. The largest absolute Gasteiger partial charge is 0.354 e. The minimum Gasteiger partial charge on any atom is -0.354 e. The molecule has 0 radical (unpaired) electrons.